The lowest BCUT2D eigenvalue weighted by Crippen LogP contribution is -2.68. The Morgan fingerprint density at radius 2 is 1.10 bits per heavy atom. The van der Waals surface area contributed by atoms with Crippen LogP contribution in [0.3, 0.4) is 0 Å². The zero-order valence-corrected chi connectivity index (χ0v) is 40.4. The van der Waals surface area contributed by atoms with Crippen molar-refractivity contribution in [2.75, 3.05) is 11.9 Å². The summed E-state index contributed by atoms with van der Waals surface area (Å²) < 4.78 is 37.1. The summed E-state index contributed by atoms with van der Waals surface area (Å²) in [5.41, 5.74) is 1.73. The number of benzene rings is 6. The van der Waals surface area contributed by atoms with E-state index in [0.717, 1.165) is 17.5 Å². The molecule has 0 saturated carbocycles. The number of carbonyl (C=O) groups is 6. The van der Waals surface area contributed by atoms with Gasteiger partial charge in [-0.1, -0.05) is 110 Å². The number of alkyl carbamates (subject to hydrolysis) is 1. The summed E-state index contributed by atoms with van der Waals surface area (Å²) in [5.74, 6) is -7.26. The fourth-order valence-corrected chi connectivity index (χ4v) is 8.01. The lowest BCUT2D eigenvalue weighted by atomic mass is 9.83. The van der Waals surface area contributed by atoms with Crippen LogP contribution in [-0.2, 0) is 51.8 Å². The molecule has 0 aromatic heterocycles. The van der Waals surface area contributed by atoms with E-state index in [-0.39, 0.29) is 39.9 Å². The fourth-order valence-electron chi connectivity index (χ4n) is 8.01. The van der Waals surface area contributed by atoms with E-state index in [1.54, 1.807) is 106 Å². The van der Waals surface area contributed by atoms with Crippen molar-refractivity contribution in [3.8, 4) is 0 Å². The molecular weight excluding hydrogens is 921 g/mol. The number of ether oxygens (including phenoxy) is 6. The number of carbonyl (C=O) groups excluding carboxylic acids is 6. The van der Waals surface area contributed by atoms with E-state index in [1.165, 1.54) is 61.5 Å². The topological polar surface area (TPSA) is 202 Å². The van der Waals surface area contributed by atoms with E-state index in [1.807, 2.05) is 31.2 Å². The Balaban J connectivity index is 1.42. The molecule has 72 heavy (non-hydrogen) atoms. The minimum atomic E-state index is -2.89. The van der Waals surface area contributed by atoms with Crippen LogP contribution in [0.2, 0.25) is 0 Å². The van der Waals surface area contributed by atoms with Gasteiger partial charge < -0.3 is 44.2 Å². The smallest absolute Gasteiger partial charge is 0.408 e. The van der Waals surface area contributed by atoms with Gasteiger partial charge in [0.15, 0.2) is 12.2 Å². The molecule has 0 radical (unpaired) electrons. The number of hydrogen-bond donors (Lipinski definition) is 3. The first kappa shape index (κ1) is 51.7. The number of nitrogens with one attached hydrogen (secondary N) is 2. The van der Waals surface area contributed by atoms with Gasteiger partial charge in [0, 0.05) is 11.3 Å². The van der Waals surface area contributed by atoms with Crippen LogP contribution in [0.4, 0.5) is 10.5 Å². The molecule has 15 nitrogen and oxygen atoms in total. The van der Waals surface area contributed by atoms with Crippen LogP contribution in [0.1, 0.15) is 98.3 Å². The quantitative estimate of drug-likeness (QED) is 0.0614. The number of esters is 4. The molecule has 0 spiro atoms. The minimum Gasteiger partial charge on any atom is -0.456 e. The summed E-state index contributed by atoms with van der Waals surface area (Å²) in [6.07, 6.45) is -8.81. The summed E-state index contributed by atoms with van der Waals surface area (Å²) in [4.78, 5) is 83.0. The van der Waals surface area contributed by atoms with E-state index in [2.05, 4.69) is 10.6 Å². The van der Waals surface area contributed by atoms with Crippen LogP contribution in [0.15, 0.2) is 164 Å². The maximum Gasteiger partial charge on any atom is 0.408 e. The molecule has 15 heteroatoms. The van der Waals surface area contributed by atoms with Gasteiger partial charge in [0.1, 0.15) is 24.4 Å². The van der Waals surface area contributed by atoms with Gasteiger partial charge in [0.25, 0.3) is 0 Å². The van der Waals surface area contributed by atoms with Crippen LogP contribution in [-0.4, -0.2) is 83.6 Å². The molecule has 1 saturated heterocycles. The van der Waals surface area contributed by atoms with Crippen molar-refractivity contribution in [2.45, 2.75) is 89.4 Å². The van der Waals surface area contributed by atoms with Crippen LogP contribution in [0, 0.1) is 0 Å². The Morgan fingerprint density at radius 1 is 0.625 bits per heavy atom. The van der Waals surface area contributed by atoms with Crippen LogP contribution >= 0.6 is 0 Å². The molecule has 7 rings (SSSR count). The van der Waals surface area contributed by atoms with Crippen LogP contribution < -0.4 is 10.6 Å². The highest BCUT2D eigenvalue weighted by molar-refractivity contribution is 5.94. The van der Waals surface area contributed by atoms with E-state index in [0.29, 0.717) is 5.56 Å². The van der Waals surface area contributed by atoms with Gasteiger partial charge in [-0.2, -0.15) is 0 Å². The third-order valence-electron chi connectivity index (χ3n) is 11.6. The second-order valence-corrected chi connectivity index (χ2v) is 18.0. The number of aliphatic hydroxyl groups is 1. The first-order valence-electron chi connectivity index (χ1n) is 23.4. The normalized spacial score (nSPS) is 18.9. The second-order valence-electron chi connectivity index (χ2n) is 18.0. The third kappa shape index (κ3) is 13.2. The van der Waals surface area contributed by atoms with Crippen molar-refractivity contribution in [2.24, 2.45) is 0 Å². The number of hydrogen-bond acceptors (Lipinski definition) is 13. The number of amides is 2. The highest BCUT2D eigenvalue weighted by atomic mass is 16.7. The zero-order valence-electron chi connectivity index (χ0n) is 40.4. The van der Waals surface area contributed by atoms with Crippen molar-refractivity contribution in [1.29, 1.82) is 0 Å². The summed E-state index contributed by atoms with van der Waals surface area (Å²) in [6.45, 7) is 8.00. The molecule has 6 aromatic carbocycles. The van der Waals surface area contributed by atoms with E-state index >= 15 is 0 Å². The molecule has 6 aromatic rings. The molecule has 0 bridgehead atoms. The van der Waals surface area contributed by atoms with Crippen molar-refractivity contribution < 1.29 is 62.3 Å². The van der Waals surface area contributed by atoms with Crippen molar-refractivity contribution in [3.63, 3.8) is 0 Å². The Hall–Kier alpha value is -8.14. The third-order valence-corrected chi connectivity index (χ3v) is 11.6. The van der Waals surface area contributed by atoms with Gasteiger partial charge in [-0.15, -0.1) is 0 Å². The molecule has 1 aliphatic heterocycles. The summed E-state index contributed by atoms with van der Waals surface area (Å²) in [7, 11) is 0. The number of anilines is 1. The maximum atomic E-state index is 14.5. The molecule has 0 unspecified atom stereocenters. The van der Waals surface area contributed by atoms with Gasteiger partial charge in [0.2, 0.25) is 17.8 Å². The number of rotatable bonds is 16. The molecule has 1 fully saturated rings. The SMILES string of the molecule is CCc1ccc(Cc2ccc(NC(=O)CNC(=O)OC(C)(C)C)cc2[C@@]2(O)O[C@H]([C@H](C)OC(=O)c3ccccc3)[C@@H](OC(=O)c3ccccc3)[C@H](OC(=O)c3ccccc3)[C@H]2OC(=O)c2ccccc2)cc1. The Bertz CT molecular complexity index is 2840. The predicted octanol–water partition coefficient (Wildman–Crippen LogP) is 8.77. The lowest BCUT2D eigenvalue weighted by Gasteiger charge is -2.50. The highest BCUT2D eigenvalue weighted by Gasteiger charge is 2.62. The van der Waals surface area contributed by atoms with Gasteiger partial charge in [-0.3, -0.25) is 4.79 Å². The average Bonchev–Trinajstić information content (AvgIpc) is 3.38. The molecule has 0 aliphatic carbocycles. The largest absolute Gasteiger partial charge is 0.456 e. The summed E-state index contributed by atoms with van der Waals surface area (Å²) in [5, 5.41) is 19.0. The van der Waals surface area contributed by atoms with Gasteiger partial charge in [0.05, 0.1) is 22.3 Å². The molecule has 2 amide bonds. The van der Waals surface area contributed by atoms with Gasteiger partial charge >= 0.3 is 30.0 Å². The average molecular weight is 977 g/mol. The van der Waals surface area contributed by atoms with Crippen LogP contribution in [0.25, 0.3) is 0 Å². The molecule has 372 valence electrons. The van der Waals surface area contributed by atoms with E-state index < -0.39 is 84.3 Å². The Morgan fingerprint density at radius 3 is 1.60 bits per heavy atom. The second kappa shape index (κ2) is 23.2. The van der Waals surface area contributed by atoms with Crippen molar-refractivity contribution >= 4 is 41.6 Å². The fraction of sp³-hybridized carbons (Fsp3) is 0.263. The lowest BCUT2D eigenvalue weighted by molar-refractivity contribution is -0.360. The monoisotopic (exact) mass is 976 g/mol. The number of aryl methyl sites for hydroxylation is 1. The standard InChI is InChI=1S/C57H56N2O13/c1-6-37-27-29-38(30-28-37)33-43-31-32-44(59-46(60)35-58-55(65)72-56(3,4)5)34-45(43)57(66)50(70-54(64)42-25-17-10-18-26-42)49(69-53(63)41-23-15-9-16-24-41)48(68-52(62)40-21-13-8-14-22-40)47(71-57)36(2)67-51(61)39-19-11-7-12-20-39/h7-32,34,36,47-50,66H,6,33,35H2,1-5H3,(H,58,65)(H,59,60)/t36-,47+,48+,49-,50+,57+/m0/s1. The van der Waals surface area contributed by atoms with E-state index in [9.17, 15) is 33.9 Å². The minimum absolute atomic E-state index is 0.0350. The Kier molecular flexibility index (Phi) is 16.6. The maximum absolute atomic E-state index is 14.5. The first-order chi connectivity index (χ1) is 34.5. The van der Waals surface area contributed by atoms with Crippen LogP contribution in [0.5, 0.6) is 0 Å². The molecule has 1 heterocycles. The molecule has 3 N–H and O–H groups in total. The molecular formula is C57H56N2O13. The zero-order chi connectivity index (χ0) is 51.4. The van der Waals surface area contributed by atoms with Crippen molar-refractivity contribution in [3.05, 3.63) is 208 Å². The molecule has 1 aliphatic rings. The predicted molar refractivity (Wildman–Crippen MR) is 265 cm³/mol. The first-order valence-corrected chi connectivity index (χ1v) is 23.4. The summed E-state index contributed by atoms with van der Waals surface area (Å²) >= 11 is 0. The highest BCUT2D eigenvalue weighted by Crippen LogP contribution is 2.45. The van der Waals surface area contributed by atoms with E-state index in [4.69, 9.17) is 28.4 Å². The van der Waals surface area contributed by atoms with Crippen molar-refractivity contribution in [1.82, 2.24) is 5.32 Å². The Labute approximate surface area is 417 Å². The van der Waals surface area contributed by atoms with Gasteiger partial charge in [-0.05, 0) is 118 Å². The molecule has 6 atom stereocenters. The summed E-state index contributed by atoms with van der Waals surface area (Å²) in [6, 6.07) is 44.0. The van der Waals surface area contributed by atoms with Gasteiger partial charge in [-0.25, -0.2) is 24.0 Å².